The minimum atomic E-state index is 0.264. The second kappa shape index (κ2) is 7.88. The minimum absolute atomic E-state index is 0.264. The number of aromatic nitrogens is 3. The SMILES string of the molecule is Cc1nc(NCC2CC2)nc(N[C@H]2CC[C@@H](CO)C2)c1-c1nc2ccccc2s1. The Morgan fingerprint density at radius 1 is 1.07 bits per heavy atom. The molecule has 152 valence electrons. The smallest absolute Gasteiger partial charge is 0.224 e. The van der Waals surface area contributed by atoms with E-state index in [-0.39, 0.29) is 6.61 Å². The highest BCUT2D eigenvalue weighted by Gasteiger charge is 2.27. The van der Waals surface area contributed by atoms with Crippen LogP contribution in [0, 0.1) is 18.8 Å². The number of hydrogen-bond acceptors (Lipinski definition) is 7. The molecule has 2 fully saturated rings. The molecule has 0 spiro atoms. The van der Waals surface area contributed by atoms with Gasteiger partial charge in [0.25, 0.3) is 0 Å². The summed E-state index contributed by atoms with van der Waals surface area (Å²) in [6.45, 7) is 3.25. The monoisotopic (exact) mass is 409 g/mol. The van der Waals surface area contributed by atoms with Crippen molar-refractivity contribution in [2.24, 2.45) is 11.8 Å². The number of nitrogens with zero attached hydrogens (tertiary/aromatic N) is 3. The van der Waals surface area contributed by atoms with Gasteiger partial charge < -0.3 is 15.7 Å². The molecule has 2 atom stereocenters. The van der Waals surface area contributed by atoms with Gasteiger partial charge in [0, 0.05) is 19.2 Å². The summed E-state index contributed by atoms with van der Waals surface area (Å²) >= 11 is 1.68. The van der Waals surface area contributed by atoms with Gasteiger partial charge >= 0.3 is 0 Å². The maximum absolute atomic E-state index is 9.51. The Hall–Kier alpha value is -2.25. The third kappa shape index (κ3) is 4.07. The van der Waals surface area contributed by atoms with E-state index in [9.17, 15) is 5.11 Å². The molecule has 2 aliphatic carbocycles. The number of aliphatic hydroxyl groups is 1. The van der Waals surface area contributed by atoms with E-state index in [2.05, 4.69) is 16.7 Å². The van der Waals surface area contributed by atoms with Crippen LogP contribution in [-0.2, 0) is 0 Å². The summed E-state index contributed by atoms with van der Waals surface area (Å²) in [6, 6.07) is 8.55. The molecule has 7 heteroatoms. The van der Waals surface area contributed by atoms with Crippen LogP contribution in [0.4, 0.5) is 11.8 Å². The fourth-order valence-electron chi connectivity index (χ4n) is 4.11. The molecular weight excluding hydrogens is 382 g/mol. The van der Waals surface area contributed by atoms with Crippen molar-refractivity contribution in [3.05, 3.63) is 30.0 Å². The highest BCUT2D eigenvalue weighted by Crippen LogP contribution is 2.38. The molecular formula is C22H27N5OS. The number of aryl methyl sites for hydroxylation is 1. The van der Waals surface area contributed by atoms with Crippen LogP contribution in [0.5, 0.6) is 0 Å². The van der Waals surface area contributed by atoms with E-state index in [4.69, 9.17) is 15.0 Å². The highest BCUT2D eigenvalue weighted by molar-refractivity contribution is 7.21. The first-order chi connectivity index (χ1) is 14.2. The second-order valence-corrected chi connectivity index (χ2v) is 9.40. The Morgan fingerprint density at radius 2 is 1.90 bits per heavy atom. The fraction of sp³-hybridized carbons (Fsp3) is 0.500. The number of hydrogen-bond donors (Lipinski definition) is 3. The maximum atomic E-state index is 9.51. The quantitative estimate of drug-likeness (QED) is 0.534. The number of nitrogens with one attached hydrogen (secondary N) is 2. The van der Waals surface area contributed by atoms with Gasteiger partial charge in [-0.25, -0.2) is 9.97 Å². The highest BCUT2D eigenvalue weighted by atomic mass is 32.1. The lowest BCUT2D eigenvalue weighted by Gasteiger charge is -2.18. The molecule has 29 heavy (non-hydrogen) atoms. The van der Waals surface area contributed by atoms with Gasteiger partial charge in [-0.05, 0) is 63.0 Å². The standard InChI is InChI=1S/C22H27N5OS/c1-13-19(21-26-17-4-2-3-5-18(17)29-21)20(25-16-9-8-15(10-16)12-28)27-22(24-13)23-11-14-6-7-14/h2-5,14-16,28H,6-12H2,1H3,(H2,23,24,25,27)/t15-,16+/m1/s1. The molecule has 0 radical (unpaired) electrons. The zero-order chi connectivity index (χ0) is 19.8. The van der Waals surface area contributed by atoms with Crippen molar-refractivity contribution in [1.29, 1.82) is 0 Å². The predicted molar refractivity (Wildman–Crippen MR) is 118 cm³/mol. The molecule has 2 heterocycles. The van der Waals surface area contributed by atoms with Crippen molar-refractivity contribution in [3.8, 4) is 10.6 Å². The summed E-state index contributed by atoms with van der Waals surface area (Å²) < 4.78 is 1.17. The molecule has 3 aromatic rings. The van der Waals surface area contributed by atoms with E-state index in [0.717, 1.165) is 59.3 Å². The largest absolute Gasteiger partial charge is 0.396 e. The summed E-state index contributed by atoms with van der Waals surface area (Å²) in [7, 11) is 0. The van der Waals surface area contributed by atoms with Crippen LogP contribution in [0.2, 0.25) is 0 Å². The predicted octanol–water partition coefficient (Wildman–Crippen LogP) is 4.46. The van der Waals surface area contributed by atoms with Gasteiger partial charge in [-0.1, -0.05) is 12.1 Å². The molecule has 6 nitrogen and oxygen atoms in total. The average molecular weight is 410 g/mol. The van der Waals surface area contributed by atoms with Crippen LogP contribution in [0.15, 0.2) is 24.3 Å². The number of anilines is 2. The summed E-state index contributed by atoms with van der Waals surface area (Å²) in [5.74, 6) is 2.70. The molecule has 0 saturated heterocycles. The van der Waals surface area contributed by atoms with Crippen LogP contribution in [0.1, 0.15) is 37.8 Å². The Kier molecular flexibility index (Phi) is 5.09. The normalized spacial score (nSPS) is 21.6. The molecule has 2 aliphatic rings. The number of fused-ring (bicyclic) bond motifs is 1. The van der Waals surface area contributed by atoms with Crippen LogP contribution < -0.4 is 10.6 Å². The van der Waals surface area contributed by atoms with Crippen molar-refractivity contribution < 1.29 is 5.11 Å². The molecule has 0 amide bonds. The van der Waals surface area contributed by atoms with Crippen molar-refractivity contribution in [2.75, 3.05) is 23.8 Å². The lowest BCUT2D eigenvalue weighted by atomic mass is 10.1. The number of rotatable bonds is 7. The Labute approximate surface area is 174 Å². The van der Waals surface area contributed by atoms with Gasteiger partial charge in [0.1, 0.15) is 10.8 Å². The van der Waals surface area contributed by atoms with Crippen molar-refractivity contribution in [1.82, 2.24) is 15.0 Å². The summed E-state index contributed by atoms with van der Waals surface area (Å²) in [5, 5.41) is 17.5. The molecule has 2 aromatic heterocycles. The van der Waals surface area contributed by atoms with Crippen LogP contribution in [0.25, 0.3) is 20.8 Å². The van der Waals surface area contributed by atoms with Crippen molar-refractivity contribution in [3.63, 3.8) is 0 Å². The summed E-state index contributed by atoms with van der Waals surface area (Å²) in [6.07, 6.45) is 5.68. The van der Waals surface area contributed by atoms with Gasteiger partial charge in [0.2, 0.25) is 5.95 Å². The zero-order valence-corrected chi connectivity index (χ0v) is 17.5. The average Bonchev–Trinajstić information content (AvgIpc) is 3.27. The van der Waals surface area contributed by atoms with E-state index in [1.807, 2.05) is 25.1 Å². The van der Waals surface area contributed by atoms with Crippen molar-refractivity contribution >= 4 is 33.3 Å². The summed E-state index contributed by atoms with van der Waals surface area (Å²) in [5.41, 5.74) is 2.95. The van der Waals surface area contributed by atoms with Crippen LogP contribution in [-0.4, -0.2) is 39.3 Å². The van der Waals surface area contributed by atoms with Gasteiger partial charge in [-0.3, -0.25) is 0 Å². The first kappa shape index (κ1) is 18.8. The van der Waals surface area contributed by atoms with E-state index in [1.165, 1.54) is 17.5 Å². The van der Waals surface area contributed by atoms with Gasteiger partial charge in [0.05, 0.1) is 21.5 Å². The van der Waals surface area contributed by atoms with Gasteiger partial charge in [-0.15, -0.1) is 11.3 Å². The first-order valence-corrected chi connectivity index (χ1v) is 11.4. The lowest BCUT2D eigenvalue weighted by Crippen LogP contribution is -2.19. The Morgan fingerprint density at radius 3 is 2.66 bits per heavy atom. The van der Waals surface area contributed by atoms with Crippen LogP contribution >= 0.6 is 11.3 Å². The molecule has 0 aliphatic heterocycles. The number of aliphatic hydroxyl groups excluding tert-OH is 1. The summed E-state index contributed by atoms with van der Waals surface area (Å²) in [4.78, 5) is 14.5. The molecule has 2 saturated carbocycles. The minimum Gasteiger partial charge on any atom is -0.396 e. The lowest BCUT2D eigenvalue weighted by molar-refractivity contribution is 0.229. The van der Waals surface area contributed by atoms with Crippen molar-refractivity contribution in [2.45, 2.75) is 45.1 Å². The number of para-hydroxylation sites is 1. The van der Waals surface area contributed by atoms with Crippen LogP contribution in [0.3, 0.4) is 0 Å². The van der Waals surface area contributed by atoms with Gasteiger partial charge in [-0.2, -0.15) is 4.98 Å². The van der Waals surface area contributed by atoms with E-state index < -0.39 is 0 Å². The van der Waals surface area contributed by atoms with E-state index >= 15 is 0 Å². The Bertz CT molecular complexity index is 983. The Balaban J connectivity index is 1.50. The topological polar surface area (TPSA) is 83.0 Å². The van der Waals surface area contributed by atoms with E-state index in [1.54, 1.807) is 11.3 Å². The van der Waals surface area contributed by atoms with Gasteiger partial charge in [0.15, 0.2) is 0 Å². The zero-order valence-electron chi connectivity index (χ0n) is 16.7. The maximum Gasteiger partial charge on any atom is 0.224 e. The molecule has 0 bridgehead atoms. The molecule has 1 aromatic carbocycles. The first-order valence-electron chi connectivity index (χ1n) is 10.6. The molecule has 3 N–H and O–H groups in total. The molecule has 5 rings (SSSR count). The third-order valence-electron chi connectivity index (χ3n) is 5.98. The number of benzene rings is 1. The fourth-order valence-corrected chi connectivity index (χ4v) is 5.18. The molecule has 0 unspecified atom stereocenters. The third-order valence-corrected chi connectivity index (χ3v) is 7.04. The number of thiazole rings is 1. The van der Waals surface area contributed by atoms with E-state index in [0.29, 0.717) is 17.9 Å². The second-order valence-electron chi connectivity index (χ2n) is 8.37.